The van der Waals surface area contributed by atoms with Crippen LogP contribution in [0.2, 0.25) is 0 Å². The van der Waals surface area contributed by atoms with Crippen LogP contribution in [0.5, 0.6) is 5.75 Å². The molecule has 0 amide bonds. The van der Waals surface area contributed by atoms with Crippen LogP contribution in [0.1, 0.15) is 75.3 Å². The van der Waals surface area contributed by atoms with Crippen LogP contribution >= 0.6 is 0 Å². The SMILES string of the molecule is CC(C)(C)c1cc(C(c2ccccc2)c2ccc(N)cc2)cc(C(C)(C)C)c1O. The predicted octanol–water partition coefficient (Wildman–Crippen LogP) is 6.75. The molecule has 0 fully saturated rings. The standard InChI is InChI=1S/C27H33NO/c1-26(2,3)22-16-20(17-23(25(22)29)27(4,5)6)24(18-10-8-7-9-11-18)19-12-14-21(28)15-13-19/h7-17,24,29H,28H2,1-6H3. The van der Waals surface area contributed by atoms with Crippen molar-refractivity contribution in [3.05, 3.63) is 94.5 Å². The van der Waals surface area contributed by atoms with Crippen molar-refractivity contribution < 1.29 is 5.11 Å². The summed E-state index contributed by atoms with van der Waals surface area (Å²) in [7, 11) is 0. The highest BCUT2D eigenvalue weighted by molar-refractivity contribution is 5.55. The molecule has 1 unspecified atom stereocenters. The zero-order valence-electron chi connectivity index (χ0n) is 18.5. The summed E-state index contributed by atoms with van der Waals surface area (Å²) in [5.74, 6) is 0.484. The molecule has 1 atom stereocenters. The van der Waals surface area contributed by atoms with Crippen molar-refractivity contribution in [1.29, 1.82) is 0 Å². The Morgan fingerprint density at radius 3 is 1.55 bits per heavy atom. The minimum absolute atomic E-state index is 0.0691. The van der Waals surface area contributed by atoms with Gasteiger partial charge in [0.1, 0.15) is 5.75 Å². The minimum Gasteiger partial charge on any atom is -0.507 e. The van der Waals surface area contributed by atoms with E-state index in [0.717, 1.165) is 16.8 Å². The number of phenols is 1. The van der Waals surface area contributed by atoms with E-state index < -0.39 is 0 Å². The first-order valence-corrected chi connectivity index (χ1v) is 10.3. The smallest absolute Gasteiger partial charge is 0.123 e. The molecule has 3 rings (SSSR count). The normalized spacial score (nSPS) is 13.3. The number of hydrogen-bond acceptors (Lipinski definition) is 2. The first-order valence-electron chi connectivity index (χ1n) is 10.3. The lowest BCUT2D eigenvalue weighted by Gasteiger charge is -2.30. The Morgan fingerprint density at radius 2 is 1.10 bits per heavy atom. The zero-order chi connectivity index (χ0) is 21.4. The van der Waals surface area contributed by atoms with E-state index in [1.165, 1.54) is 16.7 Å². The number of nitrogen functional groups attached to an aromatic ring is 1. The number of benzene rings is 3. The van der Waals surface area contributed by atoms with Crippen LogP contribution in [0.25, 0.3) is 0 Å². The first kappa shape index (κ1) is 21.0. The van der Waals surface area contributed by atoms with Gasteiger partial charge in [-0.15, -0.1) is 0 Å². The van der Waals surface area contributed by atoms with E-state index in [-0.39, 0.29) is 16.7 Å². The summed E-state index contributed by atoms with van der Waals surface area (Å²) in [6.45, 7) is 12.9. The van der Waals surface area contributed by atoms with Crippen LogP contribution < -0.4 is 5.73 Å². The fourth-order valence-electron chi connectivity index (χ4n) is 3.88. The number of anilines is 1. The van der Waals surface area contributed by atoms with Gasteiger partial charge in [-0.3, -0.25) is 0 Å². The minimum atomic E-state index is -0.164. The van der Waals surface area contributed by atoms with E-state index >= 15 is 0 Å². The highest BCUT2D eigenvalue weighted by atomic mass is 16.3. The molecule has 3 aromatic rings. The van der Waals surface area contributed by atoms with Gasteiger partial charge in [0, 0.05) is 11.6 Å². The molecular formula is C27H33NO. The molecule has 3 N–H and O–H groups in total. The number of aromatic hydroxyl groups is 1. The number of phenolic OH excluding ortho intramolecular Hbond substituents is 1. The fraction of sp³-hybridized carbons (Fsp3) is 0.333. The van der Waals surface area contributed by atoms with E-state index in [1.807, 2.05) is 18.2 Å². The molecule has 0 saturated heterocycles. The van der Waals surface area contributed by atoms with E-state index in [1.54, 1.807) is 0 Å². The molecule has 0 aliphatic rings. The molecule has 0 aliphatic carbocycles. The summed E-state index contributed by atoms with van der Waals surface area (Å²) in [5, 5.41) is 11.1. The maximum Gasteiger partial charge on any atom is 0.123 e. The Kier molecular flexibility index (Phi) is 5.49. The lowest BCUT2D eigenvalue weighted by atomic mass is 9.75. The van der Waals surface area contributed by atoms with Gasteiger partial charge < -0.3 is 10.8 Å². The van der Waals surface area contributed by atoms with Crippen molar-refractivity contribution in [1.82, 2.24) is 0 Å². The van der Waals surface area contributed by atoms with E-state index in [9.17, 15) is 5.11 Å². The summed E-state index contributed by atoms with van der Waals surface area (Å²) in [6.07, 6.45) is 0. The molecule has 152 valence electrons. The van der Waals surface area contributed by atoms with E-state index in [4.69, 9.17) is 5.73 Å². The van der Waals surface area contributed by atoms with Gasteiger partial charge in [0.2, 0.25) is 0 Å². The summed E-state index contributed by atoms with van der Waals surface area (Å²) in [4.78, 5) is 0. The van der Waals surface area contributed by atoms with Crippen LogP contribution in [-0.2, 0) is 10.8 Å². The Balaban J connectivity index is 2.32. The highest BCUT2D eigenvalue weighted by Crippen LogP contribution is 2.43. The molecule has 0 aromatic heterocycles. The van der Waals surface area contributed by atoms with Crippen molar-refractivity contribution in [3.8, 4) is 5.75 Å². The maximum atomic E-state index is 11.1. The molecule has 29 heavy (non-hydrogen) atoms. The lowest BCUT2D eigenvalue weighted by Crippen LogP contribution is -2.19. The monoisotopic (exact) mass is 387 g/mol. The lowest BCUT2D eigenvalue weighted by molar-refractivity contribution is 0.422. The summed E-state index contributed by atoms with van der Waals surface area (Å²) >= 11 is 0. The molecule has 2 heteroatoms. The predicted molar refractivity (Wildman–Crippen MR) is 124 cm³/mol. The van der Waals surface area contributed by atoms with Crippen molar-refractivity contribution in [3.63, 3.8) is 0 Å². The molecular weight excluding hydrogens is 354 g/mol. The third-order valence-electron chi connectivity index (χ3n) is 5.48. The second kappa shape index (κ2) is 7.59. The Hall–Kier alpha value is -2.74. The Morgan fingerprint density at radius 1 is 0.655 bits per heavy atom. The average Bonchev–Trinajstić information content (AvgIpc) is 2.63. The summed E-state index contributed by atoms with van der Waals surface area (Å²) in [6, 6.07) is 23.0. The molecule has 3 aromatic carbocycles. The third-order valence-corrected chi connectivity index (χ3v) is 5.48. The second-order valence-corrected chi connectivity index (χ2v) is 9.97. The molecule has 0 aliphatic heterocycles. The topological polar surface area (TPSA) is 46.2 Å². The van der Waals surface area contributed by atoms with Crippen molar-refractivity contribution in [2.24, 2.45) is 0 Å². The Labute approximate surface area is 175 Å². The van der Waals surface area contributed by atoms with Crippen molar-refractivity contribution >= 4 is 5.69 Å². The zero-order valence-corrected chi connectivity index (χ0v) is 18.5. The quantitative estimate of drug-likeness (QED) is 0.386. The molecule has 0 radical (unpaired) electrons. The van der Waals surface area contributed by atoms with Gasteiger partial charge in [-0.05, 0) is 50.8 Å². The average molecular weight is 388 g/mol. The van der Waals surface area contributed by atoms with Gasteiger partial charge in [0.25, 0.3) is 0 Å². The molecule has 0 bridgehead atoms. The van der Waals surface area contributed by atoms with Gasteiger partial charge >= 0.3 is 0 Å². The first-order chi connectivity index (χ1) is 13.5. The fourth-order valence-corrected chi connectivity index (χ4v) is 3.88. The van der Waals surface area contributed by atoms with Gasteiger partial charge in [-0.25, -0.2) is 0 Å². The van der Waals surface area contributed by atoms with Crippen LogP contribution in [0.4, 0.5) is 5.69 Å². The van der Waals surface area contributed by atoms with Crippen molar-refractivity contribution in [2.45, 2.75) is 58.3 Å². The second-order valence-electron chi connectivity index (χ2n) is 9.97. The van der Waals surface area contributed by atoms with Crippen molar-refractivity contribution in [2.75, 3.05) is 5.73 Å². The maximum absolute atomic E-state index is 11.1. The van der Waals surface area contributed by atoms with Crippen LogP contribution in [0.3, 0.4) is 0 Å². The van der Waals surface area contributed by atoms with Crippen LogP contribution in [0, 0.1) is 0 Å². The summed E-state index contributed by atoms with van der Waals surface area (Å²) in [5.41, 5.74) is 12.0. The van der Waals surface area contributed by atoms with Gasteiger partial charge in [-0.1, -0.05) is 96.1 Å². The third kappa shape index (κ3) is 4.48. The van der Waals surface area contributed by atoms with E-state index in [2.05, 4.69) is 90.1 Å². The van der Waals surface area contributed by atoms with Crippen LogP contribution in [-0.4, -0.2) is 5.11 Å². The largest absolute Gasteiger partial charge is 0.507 e. The van der Waals surface area contributed by atoms with Crippen LogP contribution in [0.15, 0.2) is 66.7 Å². The van der Waals surface area contributed by atoms with E-state index in [0.29, 0.717) is 5.75 Å². The highest BCUT2D eigenvalue weighted by Gasteiger charge is 2.29. The molecule has 2 nitrogen and oxygen atoms in total. The number of hydrogen-bond donors (Lipinski definition) is 2. The number of rotatable bonds is 3. The number of nitrogens with two attached hydrogens (primary N) is 1. The molecule has 0 spiro atoms. The van der Waals surface area contributed by atoms with Gasteiger partial charge in [0.05, 0.1) is 0 Å². The molecule has 0 saturated carbocycles. The summed E-state index contributed by atoms with van der Waals surface area (Å²) < 4.78 is 0. The van der Waals surface area contributed by atoms with Gasteiger partial charge in [0.15, 0.2) is 0 Å². The Bertz CT molecular complexity index is 939. The molecule has 0 heterocycles. The van der Waals surface area contributed by atoms with Gasteiger partial charge in [-0.2, -0.15) is 0 Å².